The van der Waals surface area contributed by atoms with Crippen LogP contribution in [0.3, 0.4) is 0 Å². The van der Waals surface area contributed by atoms with Crippen LogP contribution in [0.1, 0.15) is 18.4 Å². The second-order valence-electron chi connectivity index (χ2n) is 7.30. The van der Waals surface area contributed by atoms with Gasteiger partial charge in [-0.2, -0.15) is 4.98 Å². The molecular weight excluding hydrogens is 394 g/mol. The van der Waals surface area contributed by atoms with Crippen LogP contribution in [0.5, 0.6) is 0 Å². The van der Waals surface area contributed by atoms with E-state index < -0.39 is 10.0 Å². The van der Waals surface area contributed by atoms with Crippen LogP contribution >= 0.6 is 0 Å². The molecular formula is C18H23N7O3S. The highest BCUT2D eigenvalue weighted by molar-refractivity contribution is 7.88. The third-order valence-corrected chi connectivity index (χ3v) is 6.46. The molecule has 4 heterocycles. The number of nitrogens with one attached hydrogen (secondary N) is 1. The Bertz CT molecular complexity index is 1010. The van der Waals surface area contributed by atoms with Gasteiger partial charge >= 0.3 is 6.03 Å². The van der Waals surface area contributed by atoms with Crippen molar-refractivity contribution >= 4 is 33.5 Å². The highest BCUT2D eigenvalue weighted by atomic mass is 32.2. The first-order valence-corrected chi connectivity index (χ1v) is 11.2. The summed E-state index contributed by atoms with van der Waals surface area (Å²) in [5.41, 5.74) is 1.53. The molecule has 1 fully saturated rings. The average Bonchev–Trinajstić information content (AvgIpc) is 2.70. The quantitative estimate of drug-likeness (QED) is 0.800. The van der Waals surface area contributed by atoms with Crippen molar-refractivity contribution in [2.45, 2.75) is 25.4 Å². The molecule has 0 unspecified atom stereocenters. The van der Waals surface area contributed by atoms with Crippen molar-refractivity contribution in [1.29, 1.82) is 0 Å². The normalized spacial score (nSPS) is 18.6. The summed E-state index contributed by atoms with van der Waals surface area (Å²) >= 11 is 0. The molecule has 2 aromatic heterocycles. The summed E-state index contributed by atoms with van der Waals surface area (Å²) in [6.07, 6.45) is 7.56. The third kappa shape index (κ3) is 4.01. The highest BCUT2D eigenvalue weighted by Crippen LogP contribution is 2.33. The van der Waals surface area contributed by atoms with Gasteiger partial charge in [-0.1, -0.05) is 0 Å². The lowest BCUT2D eigenvalue weighted by molar-refractivity contribution is 0.213. The number of amides is 2. The number of nitrogens with zero attached hydrogens (tertiary/aromatic N) is 6. The molecule has 1 saturated heterocycles. The zero-order chi connectivity index (χ0) is 20.6. The van der Waals surface area contributed by atoms with Gasteiger partial charge in [0.25, 0.3) is 0 Å². The first kappa shape index (κ1) is 19.5. The smallest absolute Gasteiger partial charge is 0.330 e. The predicted molar refractivity (Wildman–Crippen MR) is 108 cm³/mol. The summed E-state index contributed by atoms with van der Waals surface area (Å²) in [6, 6.07) is 3.42. The molecule has 154 valence electrons. The van der Waals surface area contributed by atoms with E-state index in [0.29, 0.717) is 49.9 Å². The van der Waals surface area contributed by atoms with Crippen molar-refractivity contribution in [3.8, 4) is 0 Å². The molecule has 0 saturated carbocycles. The Hall–Kier alpha value is -2.79. The van der Waals surface area contributed by atoms with E-state index in [1.165, 1.54) is 10.6 Å². The number of carbonyl (C=O) groups is 1. The van der Waals surface area contributed by atoms with Crippen LogP contribution in [0, 0.1) is 0 Å². The molecule has 0 spiro atoms. The van der Waals surface area contributed by atoms with Crippen LogP contribution in [0.15, 0.2) is 30.7 Å². The van der Waals surface area contributed by atoms with Crippen LogP contribution in [-0.2, 0) is 16.6 Å². The molecule has 2 aliphatic heterocycles. The Morgan fingerprint density at radius 1 is 1.17 bits per heavy atom. The van der Waals surface area contributed by atoms with E-state index in [4.69, 9.17) is 0 Å². The Morgan fingerprint density at radius 3 is 2.52 bits per heavy atom. The lowest BCUT2D eigenvalue weighted by Crippen LogP contribution is -2.43. The molecule has 29 heavy (non-hydrogen) atoms. The topological polar surface area (TPSA) is 112 Å². The second-order valence-corrected chi connectivity index (χ2v) is 9.29. The minimum atomic E-state index is -3.16. The van der Waals surface area contributed by atoms with Crippen LogP contribution < -0.4 is 10.2 Å². The van der Waals surface area contributed by atoms with Gasteiger partial charge in [-0.25, -0.2) is 27.4 Å². The number of aromatic nitrogens is 3. The molecule has 0 atom stereocenters. The Kier molecular flexibility index (Phi) is 5.09. The highest BCUT2D eigenvalue weighted by Gasteiger charge is 2.32. The van der Waals surface area contributed by atoms with E-state index in [1.807, 2.05) is 0 Å². The lowest BCUT2D eigenvalue weighted by Gasteiger charge is -2.34. The molecule has 1 N–H and O–H groups in total. The van der Waals surface area contributed by atoms with Gasteiger partial charge < -0.3 is 10.2 Å². The SMILES string of the molecule is CN1Cc2cnc(NC3CCN(S(C)(=O)=O)CC3)nc2N(c2ccncc2)C1=O. The monoisotopic (exact) mass is 417 g/mol. The van der Waals surface area contributed by atoms with E-state index in [9.17, 15) is 13.2 Å². The van der Waals surface area contributed by atoms with Crippen molar-refractivity contribution in [1.82, 2.24) is 24.2 Å². The second kappa shape index (κ2) is 7.56. The van der Waals surface area contributed by atoms with Gasteiger partial charge in [-0.05, 0) is 25.0 Å². The van der Waals surface area contributed by atoms with Crippen molar-refractivity contribution in [3.63, 3.8) is 0 Å². The maximum absolute atomic E-state index is 12.8. The number of hydrogen-bond donors (Lipinski definition) is 1. The fourth-order valence-corrected chi connectivity index (χ4v) is 4.47. The van der Waals surface area contributed by atoms with Gasteiger partial charge in [0.15, 0.2) is 5.82 Å². The summed E-state index contributed by atoms with van der Waals surface area (Å²) in [5, 5.41) is 3.29. The summed E-state index contributed by atoms with van der Waals surface area (Å²) in [7, 11) is -1.43. The van der Waals surface area contributed by atoms with Gasteiger partial charge in [0.2, 0.25) is 16.0 Å². The summed E-state index contributed by atoms with van der Waals surface area (Å²) < 4.78 is 24.8. The van der Waals surface area contributed by atoms with Crippen LogP contribution in [0.2, 0.25) is 0 Å². The van der Waals surface area contributed by atoms with Crippen LogP contribution in [-0.4, -0.2) is 71.0 Å². The standard InChI is InChI=1S/C18H23N7O3S/c1-23-12-13-11-20-17(21-14-5-9-24(10-6-14)29(2,27)28)22-16(13)25(18(23)26)15-3-7-19-8-4-15/h3-4,7-8,11,14H,5-6,9-10,12H2,1-2H3,(H,20,21,22). The first-order chi connectivity index (χ1) is 13.8. The van der Waals surface area contributed by atoms with E-state index >= 15 is 0 Å². The molecule has 0 aliphatic carbocycles. The molecule has 10 nitrogen and oxygen atoms in total. The zero-order valence-corrected chi connectivity index (χ0v) is 17.1. The van der Waals surface area contributed by atoms with Gasteiger partial charge in [0.05, 0.1) is 18.5 Å². The van der Waals surface area contributed by atoms with Gasteiger partial charge in [-0.3, -0.25) is 4.98 Å². The summed E-state index contributed by atoms with van der Waals surface area (Å²) in [6.45, 7) is 1.37. The molecule has 4 rings (SSSR count). The molecule has 0 radical (unpaired) electrons. The predicted octanol–water partition coefficient (Wildman–Crippen LogP) is 1.41. The lowest BCUT2D eigenvalue weighted by atomic mass is 10.1. The van der Waals surface area contributed by atoms with Gasteiger partial charge in [-0.15, -0.1) is 0 Å². The number of urea groups is 1. The van der Waals surface area contributed by atoms with Crippen molar-refractivity contribution < 1.29 is 13.2 Å². The zero-order valence-electron chi connectivity index (χ0n) is 16.3. The molecule has 2 aromatic rings. The minimum absolute atomic E-state index is 0.0717. The fraction of sp³-hybridized carbons (Fsp3) is 0.444. The van der Waals surface area contributed by atoms with Crippen LogP contribution in [0.25, 0.3) is 0 Å². The maximum atomic E-state index is 12.8. The Labute approximate surface area is 169 Å². The van der Waals surface area contributed by atoms with E-state index in [2.05, 4.69) is 20.3 Å². The maximum Gasteiger partial charge on any atom is 0.330 e. The van der Waals surface area contributed by atoms with E-state index in [0.717, 1.165) is 5.56 Å². The molecule has 0 aromatic carbocycles. The number of rotatable bonds is 4. The third-order valence-electron chi connectivity index (χ3n) is 5.16. The Balaban J connectivity index is 1.56. The number of hydrogen-bond acceptors (Lipinski definition) is 7. The number of sulfonamides is 1. The molecule has 2 aliphatic rings. The number of fused-ring (bicyclic) bond motifs is 1. The summed E-state index contributed by atoms with van der Waals surface area (Å²) in [4.78, 5) is 29.0. The first-order valence-electron chi connectivity index (χ1n) is 9.36. The number of piperidine rings is 1. The van der Waals surface area contributed by atoms with E-state index in [-0.39, 0.29) is 12.1 Å². The van der Waals surface area contributed by atoms with Gasteiger partial charge in [0, 0.05) is 50.3 Å². The van der Waals surface area contributed by atoms with Crippen LogP contribution in [0.4, 0.5) is 22.2 Å². The minimum Gasteiger partial charge on any atom is -0.351 e. The van der Waals surface area contributed by atoms with Crippen molar-refractivity contribution in [3.05, 3.63) is 36.3 Å². The molecule has 0 bridgehead atoms. The number of pyridine rings is 1. The van der Waals surface area contributed by atoms with E-state index in [1.54, 1.807) is 47.6 Å². The Morgan fingerprint density at radius 2 is 1.86 bits per heavy atom. The van der Waals surface area contributed by atoms with Gasteiger partial charge in [0.1, 0.15) is 0 Å². The number of anilines is 3. The largest absolute Gasteiger partial charge is 0.351 e. The van der Waals surface area contributed by atoms with Crippen molar-refractivity contribution in [2.75, 3.05) is 36.6 Å². The van der Waals surface area contributed by atoms with Crippen molar-refractivity contribution in [2.24, 2.45) is 0 Å². The average molecular weight is 417 g/mol. The molecule has 2 amide bonds. The number of carbonyl (C=O) groups excluding carboxylic acids is 1. The fourth-order valence-electron chi connectivity index (χ4n) is 3.60. The molecule has 11 heteroatoms. The summed E-state index contributed by atoms with van der Waals surface area (Å²) in [5.74, 6) is 0.975.